The molecule has 2 aliphatic rings. The van der Waals surface area contributed by atoms with Crippen LogP contribution in [0.3, 0.4) is 0 Å². The third-order valence-electron chi connectivity index (χ3n) is 5.16. The zero-order valence-electron chi connectivity index (χ0n) is 14.8. The van der Waals surface area contributed by atoms with Crippen LogP contribution < -0.4 is 5.32 Å². The molecule has 0 aliphatic carbocycles. The number of fused-ring (bicyclic) bond motifs is 2. The second kappa shape index (κ2) is 8.47. The van der Waals surface area contributed by atoms with E-state index in [1.807, 2.05) is 6.07 Å². The predicted octanol–water partition coefficient (Wildman–Crippen LogP) is 0.633. The number of aliphatic hydroxyl groups is 2. The molecule has 2 amide bonds. The zero-order chi connectivity index (χ0) is 18.6. The standard InChI is InChI=1S/C18H26N2O5S/c21-9-2-1-6-19-17(24)15-11-13-14(26-15)3-10-25-18(13)4-7-20(8-5-18)16(23)12-22/h11,21-22H,1-10,12H2,(H,19,24). The van der Waals surface area contributed by atoms with Gasteiger partial charge in [-0.3, -0.25) is 9.59 Å². The Morgan fingerprint density at radius 1 is 1.27 bits per heavy atom. The number of nitrogens with one attached hydrogen (secondary N) is 1. The number of amides is 2. The van der Waals surface area contributed by atoms with Crippen molar-refractivity contribution in [3.8, 4) is 0 Å². The molecule has 0 aromatic carbocycles. The minimum atomic E-state index is -0.460. The van der Waals surface area contributed by atoms with Gasteiger partial charge >= 0.3 is 0 Å². The van der Waals surface area contributed by atoms with Gasteiger partial charge in [0.2, 0.25) is 5.91 Å². The van der Waals surface area contributed by atoms with Crippen LogP contribution in [0.1, 0.15) is 45.8 Å². The van der Waals surface area contributed by atoms with Crippen LogP contribution in [-0.4, -0.2) is 66.4 Å². The fourth-order valence-corrected chi connectivity index (χ4v) is 4.83. The Kier molecular flexibility index (Phi) is 6.29. The number of carbonyl (C=O) groups is 2. The second-order valence-corrected chi connectivity index (χ2v) is 7.90. The van der Waals surface area contributed by atoms with Gasteiger partial charge in [0, 0.05) is 37.5 Å². The number of carbonyl (C=O) groups excluding carboxylic acids is 2. The first-order chi connectivity index (χ1) is 12.6. The zero-order valence-corrected chi connectivity index (χ0v) is 15.6. The third kappa shape index (κ3) is 3.93. The van der Waals surface area contributed by atoms with Crippen LogP contribution in [0.15, 0.2) is 6.07 Å². The molecule has 2 aliphatic heterocycles. The van der Waals surface area contributed by atoms with Crippen molar-refractivity contribution in [1.29, 1.82) is 0 Å². The van der Waals surface area contributed by atoms with Gasteiger partial charge in [-0.15, -0.1) is 11.3 Å². The van der Waals surface area contributed by atoms with Crippen LogP contribution in [0, 0.1) is 0 Å². The molecule has 1 aromatic rings. The van der Waals surface area contributed by atoms with Gasteiger partial charge in [0.1, 0.15) is 6.61 Å². The third-order valence-corrected chi connectivity index (χ3v) is 6.35. The number of nitrogens with zero attached hydrogens (tertiary/aromatic N) is 1. The van der Waals surface area contributed by atoms with Crippen molar-refractivity contribution in [2.24, 2.45) is 0 Å². The molecule has 0 atom stereocenters. The number of unbranched alkanes of at least 4 members (excludes halogenated alkanes) is 1. The molecule has 1 saturated heterocycles. The highest BCUT2D eigenvalue weighted by atomic mass is 32.1. The summed E-state index contributed by atoms with van der Waals surface area (Å²) in [6, 6.07) is 1.95. The van der Waals surface area contributed by atoms with E-state index in [0.29, 0.717) is 50.4 Å². The molecular formula is C18H26N2O5S. The van der Waals surface area contributed by atoms with Crippen molar-refractivity contribution in [3.05, 3.63) is 21.4 Å². The fourth-order valence-electron chi connectivity index (χ4n) is 3.69. The summed E-state index contributed by atoms with van der Waals surface area (Å²) in [5.41, 5.74) is 0.663. The highest BCUT2D eigenvalue weighted by Crippen LogP contribution is 2.44. The van der Waals surface area contributed by atoms with Crippen LogP contribution >= 0.6 is 11.3 Å². The van der Waals surface area contributed by atoms with Gasteiger partial charge in [-0.2, -0.15) is 0 Å². The first-order valence-corrected chi connectivity index (χ1v) is 9.96. The van der Waals surface area contributed by atoms with Gasteiger partial charge < -0.3 is 25.2 Å². The van der Waals surface area contributed by atoms with E-state index in [1.165, 1.54) is 16.2 Å². The predicted molar refractivity (Wildman–Crippen MR) is 97.2 cm³/mol. The Labute approximate surface area is 157 Å². The van der Waals surface area contributed by atoms with Crippen LogP contribution in [0.4, 0.5) is 0 Å². The summed E-state index contributed by atoms with van der Waals surface area (Å²) in [6.45, 7) is 1.96. The maximum atomic E-state index is 12.4. The van der Waals surface area contributed by atoms with E-state index in [9.17, 15) is 9.59 Å². The SMILES string of the molecule is O=C(NCCCCO)c1cc2c(s1)CCOC21CCN(C(=O)CO)CC1. The van der Waals surface area contributed by atoms with E-state index < -0.39 is 12.2 Å². The molecule has 144 valence electrons. The summed E-state index contributed by atoms with van der Waals surface area (Å²) in [5, 5.41) is 20.7. The Hall–Kier alpha value is -1.48. The topological polar surface area (TPSA) is 99.1 Å². The first kappa shape index (κ1) is 19.3. The van der Waals surface area contributed by atoms with E-state index in [-0.39, 0.29) is 18.4 Å². The van der Waals surface area contributed by atoms with Gasteiger partial charge in [0.05, 0.1) is 17.1 Å². The molecular weight excluding hydrogens is 356 g/mol. The largest absolute Gasteiger partial charge is 0.396 e. The van der Waals surface area contributed by atoms with E-state index in [2.05, 4.69) is 5.32 Å². The molecule has 3 rings (SSSR count). The van der Waals surface area contributed by atoms with Gasteiger partial charge in [-0.1, -0.05) is 0 Å². The molecule has 0 bridgehead atoms. The Bertz CT molecular complexity index is 652. The quantitative estimate of drug-likeness (QED) is 0.627. The molecule has 1 fully saturated rings. The van der Waals surface area contributed by atoms with Crippen molar-refractivity contribution in [2.75, 3.05) is 39.5 Å². The highest BCUT2D eigenvalue weighted by Gasteiger charge is 2.43. The van der Waals surface area contributed by atoms with E-state index >= 15 is 0 Å². The van der Waals surface area contributed by atoms with Gasteiger partial charge in [0.15, 0.2) is 0 Å². The number of rotatable bonds is 6. The molecule has 1 aromatic heterocycles. The van der Waals surface area contributed by atoms with Gasteiger partial charge in [-0.05, 0) is 37.3 Å². The lowest BCUT2D eigenvalue weighted by Gasteiger charge is -2.43. The normalized spacial score (nSPS) is 18.6. The highest BCUT2D eigenvalue weighted by molar-refractivity contribution is 7.14. The molecule has 3 N–H and O–H groups in total. The van der Waals surface area contributed by atoms with Crippen LogP contribution in [0.2, 0.25) is 0 Å². The summed E-state index contributed by atoms with van der Waals surface area (Å²) in [4.78, 5) is 27.6. The fraction of sp³-hybridized carbons (Fsp3) is 0.667. The lowest BCUT2D eigenvalue weighted by Crippen LogP contribution is -2.48. The van der Waals surface area contributed by atoms with Crippen LogP contribution in [0.25, 0.3) is 0 Å². The number of aliphatic hydroxyl groups excluding tert-OH is 2. The van der Waals surface area contributed by atoms with Crippen molar-refractivity contribution in [3.63, 3.8) is 0 Å². The summed E-state index contributed by atoms with van der Waals surface area (Å²) in [5.74, 6) is -0.325. The Morgan fingerprint density at radius 3 is 2.73 bits per heavy atom. The number of piperidine rings is 1. The summed E-state index contributed by atoms with van der Waals surface area (Å²) in [6.07, 6.45) is 3.61. The maximum Gasteiger partial charge on any atom is 0.261 e. The lowest BCUT2D eigenvalue weighted by molar-refractivity contribution is -0.143. The van der Waals surface area contributed by atoms with E-state index in [4.69, 9.17) is 14.9 Å². The van der Waals surface area contributed by atoms with Crippen molar-refractivity contribution < 1.29 is 24.5 Å². The molecule has 7 nitrogen and oxygen atoms in total. The smallest absolute Gasteiger partial charge is 0.261 e. The summed E-state index contributed by atoms with van der Waals surface area (Å²) >= 11 is 1.52. The average Bonchev–Trinajstić information content (AvgIpc) is 3.11. The number of ether oxygens (including phenoxy) is 1. The number of hydrogen-bond acceptors (Lipinski definition) is 6. The lowest BCUT2D eigenvalue weighted by atomic mass is 9.82. The van der Waals surface area contributed by atoms with E-state index in [1.54, 1.807) is 4.90 Å². The van der Waals surface area contributed by atoms with Crippen LogP contribution in [-0.2, 0) is 21.6 Å². The van der Waals surface area contributed by atoms with Gasteiger partial charge in [0.25, 0.3) is 5.91 Å². The second-order valence-electron chi connectivity index (χ2n) is 6.77. The molecule has 0 saturated carbocycles. The van der Waals surface area contributed by atoms with Crippen molar-refractivity contribution in [2.45, 2.75) is 37.7 Å². The minimum absolute atomic E-state index is 0.0783. The molecule has 3 heterocycles. The Morgan fingerprint density at radius 2 is 2.04 bits per heavy atom. The molecule has 26 heavy (non-hydrogen) atoms. The first-order valence-electron chi connectivity index (χ1n) is 9.14. The minimum Gasteiger partial charge on any atom is -0.396 e. The molecule has 0 unspecified atom stereocenters. The molecule has 1 spiro atoms. The Balaban J connectivity index is 1.69. The van der Waals surface area contributed by atoms with Crippen molar-refractivity contribution in [1.82, 2.24) is 10.2 Å². The molecule has 8 heteroatoms. The van der Waals surface area contributed by atoms with E-state index in [0.717, 1.165) is 18.4 Å². The number of hydrogen-bond donors (Lipinski definition) is 3. The summed E-state index contributed by atoms with van der Waals surface area (Å²) in [7, 11) is 0. The molecule has 0 radical (unpaired) electrons. The monoisotopic (exact) mass is 382 g/mol. The maximum absolute atomic E-state index is 12.4. The summed E-state index contributed by atoms with van der Waals surface area (Å²) < 4.78 is 6.15. The number of likely N-dealkylation sites (tertiary alicyclic amines) is 1. The average molecular weight is 382 g/mol. The van der Waals surface area contributed by atoms with Crippen molar-refractivity contribution >= 4 is 23.2 Å². The van der Waals surface area contributed by atoms with Gasteiger partial charge in [-0.25, -0.2) is 0 Å². The van der Waals surface area contributed by atoms with Crippen LogP contribution in [0.5, 0.6) is 0 Å². The number of thiophene rings is 1.